The Bertz CT molecular complexity index is 895. The molecule has 0 aliphatic heterocycles. The van der Waals surface area contributed by atoms with Crippen molar-refractivity contribution >= 4 is 39.1 Å². The smallest absolute Gasteiger partial charge is 0.262 e. The number of benzene rings is 2. The van der Waals surface area contributed by atoms with Gasteiger partial charge in [0.15, 0.2) is 0 Å². The molecule has 0 unspecified atom stereocenters. The van der Waals surface area contributed by atoms with Gasteiger partial charge in [-0.2, -0.15) is 0 Å². The first-order valence-corrected chi connectivity index (χ1v) is 9.73. The lowest BCUT2D eigenvalue weighted by Gasteiger charge is -2.08. The molecule has 0 spiro atoms. The van der Waals surface area contributed by atoms with Crippen LogP contribution in [0.15, 0.2) is 70.5 Å². The Balaban J connectivity index is 1.67. The third-order valence-electron chi connectivity index (χ3n) is 3.77. The van der Waals surface area contributed by atoms with E-state index in [0.717, 1.165) is 11.1 Å². The summed E-state index contributed by atoms with van der Waals surface area (Å²) in [7, 11) is 0. The molecule has 0 aliphatic rings. The molecule has 1 aromatic heterocycles. The van der Waals surface area contributed by atoms with Gasteiger partial charge < -0.3 is 10.6 Å². The molecule has 0 fully saturated rings. The first-order chi connectivity index (χ1) is 12.6. The van der Waals surface area contributed by atoms with E-state index in [2.05, 4.69) is 26.6 Å². The maximum atomic E-state index is 12.6. The summed E-state index contributed by atoms with van der Waals surface area (Å²) in [5, 5.41) is 7.50. The molecular formula is C20H17BrN2O2S. The van der Waals surface area contributed by atoms with Crippen LogP contribution in [0.4, 0.5) is 0 Å². The summed E-state index contributed by atoms with van der Waals surface area (Å²) in [4.78, 5) is 25.5. The maximum absolute atomic E-state index is 12.6. The van der Waals surface area contributed by atoms with Gasteiger partial charge in [0.05, 0.1) is 5.56 Å². The van der Waals surface area contributed by atoms with Crippen molar-refractivity contribution in [1.29, 1.82) is 0 Å². The second-order valence-corrected chi connectivity index (χ2v) is 7.36. The number of carbonyl (C=O) groups is 2. The van der Waals surface area contributed by atoms with Crippen molar-refractivity contribution in [2.24, 2.45) is 0 Å². The fourth-order valence-corrected chi connectivity index (χ4v) is 4.07. The van der Waals surface area contributed by atoms with Gasteiger partial charge in [0, 0.05) is 22.9 Å². The van der Waals surface area contributed by atoms with Gasteiger partial charge in [0.1, 0.15) is 4.88 Å². The van der Waals surface area contributed by atoms with Gasteiger partial charge in [-0.25, -0.2) is 0 Å². The van der Waals surface area contributed by atoms with Gasteiger partial charge in [0.2, 0.25) is 0 Å². The first-order valence-electron chi connectivity index (χ1n) is 8.06. The van der Waals surface area contributed by atoms with Crippen LogP contribution < -0.4 is 10.6 Å². The summed E-state index contributed by atoms with van der Waals surface area (Å²) < 4.78 is 0.623. The Morgan fingerprint density at radius 3 is 1.85 bits per heavy atom. The predicted octanol–water partition coefficient (Wildman–Crippen LogP) is 4.37. The Hall–Kier alpha value is -2.44. The Morgan fingerprint density at radius 1 is 0.808 bits per heavy atom. The molecule has 2 N–H and O–H groups in total. The van der Waals surface area contributed by atoms with Crippen LogP contribution >= 0.6 is 27.3 Å². The van der Waals surface area contributed by atoms with E-state index in [1.54, 1.807) is 5.38 Å². The zero-order valence-electron chi connectivity index (χ0n) is 13.9. The molecule has 0 radical (unpaired) electrons. The van der Waals surface area contributed by atoms with E-state index >= 15 is 0 Å². The number of amides is 2. The van der Waals surface area contributed by atoms with Gasteiger partial charge in [-0.3, -0.25) is 9.59 Å². The molecular weight excluding hydrogens is 412 g/mol. The van der Waals surface area contributed by atoms with E-state index in [1.165, 1.54) is 11.3 Å². The molecule has 0 aliphatic carbocycles. The zero-order chi connectivity index (χ0) is 18.4. The lowest BCUT2D eigenvalue weighted by Crippen LogP contribution is -2.28. The molecule has 0 saturated carbocycles. The molecule has 0 bridgehead atoms. The van der Waals surface area contributed by atoms with Crippen molar-refractivity contribution in [3.8, 4) is 0 Å². The molecule has 6 heteroatoms. The molecule has 2 aromatic carbocycles. The van der Waals surface area contributed by atoms with Gasteiger partial charge in [-0.05, 0) is 27.1 Å². The summed E-state index contributed by atoms with van der Waals surface area (Å²) in [6.45, 7) is 0.827. The summed E-state index contributed by atoms with van der Waals surface area (Å²) in [5.41, 5.74) is 2.38. The van der Waals surface area contributed by atoms with Crippen LogP contribution in [0, 0.1) is 0 Å². The third kappa shape index (κ3) is 4.59. The second kappa shape index (κ2) is 8.78. The van der Waals surface area contributed by atoms with Gasteiger partial charge in [-0.1, -0.05) is 60.7 Å². The largest absolute Gasteiger partial charge is 0.348 e. The zero-order valence-corrected chi connectivity index (χ0v) is 16.3. The van der Waals surface area contributed by atoms with Gasteiger partial charge in [0.25, 0.3) is 11.8 Å². The van der Waals surface area contributed by atoms with Crippen molar-refractivity contribution in [2.75, 3.05) is 0 Å². The third-order valence-corrected chi connectivity index (χ3v) is 5.68. The predicted molar refractivity (Wildman–Crippen MR) is 107 cm³/mol. The van der Waals surface area contributed by atoms with Crippen LogP contribution in [0.1, 0.15) is 31.2 Å². The number of hydrogen-bond acceptors (Lipinski definition) is 3. The van der Waals surface area contributed by atoms with E-state index in [1.807, 2.05) is 60.7 Å². The van der Waals surface area contributed by atoms with Crippen molar-refractivity contribution in [1.82, 2.24) is 10.6 Å². The minimum atomic E-state index is -0.271. The number of nitrogens with one attached hydrogen (secondary N) is 2. The van der Waals surface area contributed by atoms with E-state index in [4.69, 9.17) is 0 Å². The quantitative estimate of drug-likeness (QED) is 0.612. The van der Waals surface area contributed by atoms with Crippen LogP contribution in [-0.4, -0.2) is 11.8 Å². The molecule has 3 aromatic rings. The van der Waals surface area contributed by atoms with E-state index < -0.39 is 0 Å². The average molecular weight is 429 g/mol. The minimum absolute atomic E-state index is 0.255. The topological polar surface area (TPSA) is 58.2 Å². The standard InChI is InChI=1S/C20H17BrN2O2S/c21-16-13-26-18(20(25)23-12-15-9-5-2-6-10-15)17(16)19(24)22-11-14-7-3-1-4-8-14/h1-10,13H,11-12H2,(H,22,24)(H,23,25). The van der Waals surface area contributed by atoms with E-state index in [-0.39, 0.29) is 11.8 Å². The highest BCUT2D eigenvalue weighted by atomic mass is 79.9. The summed E-state index contributed by atoms with van der Waals surface area (Å²) in [6.07, 6.45) is 0. The number of halogens is 1. The van der Waals surface area contributed by atoms with Crippen LogP contribution in [-0.2, 0) is 13.1 Å². The lowest BCUT2D eigenvalue weighted by atomic mass is 10.2. The van der Waals surface area contributed by atoms with Crippen LogP contribution in [0.2, 0.25) is 0 Å². The van der Waals surface area contributed by atoms with Crippen molar-refractivity contribution in [3.05, 3.63) is 92.1 Å². The number of rotatable bonds is 6. The van der Waals surface area contributed by atoms with Crippen molar-refractivity contribution in [2.45, 2.75) is 13.1 Å². The molecule has 1 heterocycles. The molecule has 26 heavy (non-hydrogen) atoms. The fraction of sp³-hybridized carbons (Fsp3) is 0.100. The first kappa shape index (κ1) is 18.4. The molecule has 2 amide bonds. The highest BCUT2D eigenvalue weighted by Crippen LogP contribution is 2.27. The Labute approximate surface area is 164 Å². The second-order valence-electron chi connectivity index (χ2n) is 5.62. The SMILES string of the molecule is O=C(NCc1ccccc1)c1scc(Br)c1C(=O)NCc1ccccc1. The molecule has 0 atom stereocenters. The highest BCUT2D eigenvalue weighted by molar-refractivity contribution is 9.10. The molecule has 0 saturated heterocycles. The number of carbonyl (C=O) groups excluding carboxylic acids is 2. The molecule has 4 nitrogen and oxygen atoms in total. The average Bonchev–Trinajstić information content (AvgIpc) is 3.07. The summed E-state index contributed by atoms with van der Waals surface area (Å²) in [6, 6.07) is 19.3. The van der Waals surface area contributed by atoms with Gasteiger partial charge in [-0.15, -0.1) is 11.3 Å². The number of thiophene rings is 1. The Morgan fingerprint density at radius 2 is 1.31 bits per heavy atom. The maximum Gasteiger partial charge on any atom is 0.262 e. The van der Waals surface area contributed by atoms with Crippen LogP contribution in [0.25, 0.3) is 0 Å². The summed E-state index contributed by atoms with van der Waals surface area (Å²) >= 11 is 4.63. The van der Waals surface area contributed by atoms with Crippen molar-refractivity contribution in [3.63, 3.8) is 0 Å². The van der Waals surface area contributed by atoms with Crippen LogP contribution in [0.3, 0.4) is 0 Å². The monoisotopic (exact) mass is 428 g/mol. The van der Waals surface area contributed by atoms with E-state index in [0.29, 0.717) is 28.0 Å². The number of hydrogen-bond donors (Lipinski definition) is 2. The fourth-order valence-electron chi connectivity index (χ4n) is 2.44. The highest BCUT2D eigenvalue weighted by Gasteiger charge is 2.22. The Kier molecular flexibility index (Phi) is 6.20. The summed E-state index contributed by atoms with van der Waals surface area (Å²) in [5.74, 6) is -0.527. The van der Waals surface area contributed by atoms with Crippen molar-refractivity contribution < 1.29 is 9.59 Å². The van der Waals surface area contributed by atoms with Crippen LogP contribution in [0.5, 0.6) is 0 Å². The molecule has 3 rings (SSSR count). The normalized spacial score (nSPS) is 10.3. The molecule has 132 valence electrons. The van der Waals surface area contributed by atoms with Gasteiger partial charge >= 0.3 is 0 Å². The lowest BCUT2D eigenvalue weighted by molar-refractivity contribution is 0.0919. The minimum Gasteiger partial charge on any atom is -0.348 e. The van der Waals surface area contributed by atoms with E-state index in [9.17, 15) is 9.59 Å².